The van der Waals surface area contributed by atoms with Crippen molar-refractivity contribution >= 4 is 38.6 Å². The average Bonchev–Trinajstić information content (AvgIpc) is 2.77. The topological polar surface area (TPSA) is 17.8 Å². The molecule has 102 valence electrons. The van der Waals surface area contributed by atoms with Gasteiger partial charge >= 0.3 is 0 Å². The van der Waals surface area contributed by atoms with Crippen LogP contribution in [-0.4, -0.2) is 9.55 Å². The minimum atomic E-state index is -0.313. The van der Waals surface area contributed by atoms with Crippen molar-refractivity contribution in [2.24, 2.45) is 0 Å². The lowest BCUT2D eigenvalue weighted by molar-refractivity contribution is 0.622. The SMILES string of the molecule is Cc1cccc(-n2c(CCl)nc3cc(Br)c(F)cc32)c1. The van der Waals surface area contributed by atoms with Crippen LogP contribution >= 0.6 is 27.5 Å². The number of aryl methyl sites for hydroxylation is 1. The Bertz CT molecular complexity index is 798. The zero-order valence-corrected chi connectivity index (χ0v) is 13.0. The summed E-state index contributed by atoms with van der Waals surface area (Å²) < 4.78 is 16.1. The number of hydrogen-bond donors (Lipinski definition) is 0. The fraction of sp³-hybridized carbons (Fsp3) is 0.133. The zero-order valence-electron chi connectivity index (χ0n) is 10.7. The first kappa shape index (κ1) is 13.6. The van der Waals surface area contributed by atoms with Gasteiger partial charge in [-0.05, 0) is 46.6 Å². The summed E-state index contributed by atoms with van der Waals surface area (Å²) in [4.78, 5) is 4.47. The number of rotatable bonds is 2. The summed E-state index contributed by atoms with van der Waals surface area (Å²) in [6.07, 6.45) is 0. The van der Waals surface area contributed by atoms with E-state index in [4.69, 9.17) is 11.6 Å². The molecule has 0 unspecified atom stereocenters. The van der Waals surface area contributed by atoms with Crippen molar-refractivity contribution < 1.29 is 4.39 Å². The highest BCUT2D eigenvalue weighted by molar-refractivity contribution is 9.10. The predicted octanol–water partition coefficient (Wildman–Crippen LogP) is 4.97. The van der Waals surface area contributed by atoms with E-state index in [2.05, 4.69) is 20.9 Å². The lowest BCUT2D eigenvalue weighted by Crippen LogP contribution is -1.99. The maximum absolute atomic E-state index is 13.8. The first-order valence-electron chi connectivity index (χ1n) is 6.09. The van der Waals surface area contributed by atoms with Crippen LogP contribution in [0.15, 0.2) is 40.9 Å². The normalized spacial score (nSPS) is 11.2. The van der Waals surface area contributed by atoms with Gasteiger partial charge in [-0.25, -0.2) is 9.37 Å². The lowest BCUT2D eigenvalue weighted by Gasteiger charge is -2.08. The molecule has 0 spiro atoms. The first-order valence-corrected chi connectivity index (χ1v) is 7.42. The van der Waals surface area contributed by atoms with Crippen molar-refractivity contribution in [2.45, 2.75) is 12.8 Å². The van der Waals surface area contributed by atoms with Crippen LogP contribution in [0.5, 0.6) is 0 Å². The van der Waals surface area contributed by atoms with Gasteiger partial charge in [-0.3, -0.25) is 4.57 Å². The first-order chi connectivity index (χ1) is 9.60. The Labute approximate surface area is 129 Å². The van der Waals surface area contributed by atoms with Crippen LogP contribution in [0.3, 0.4) is 0 Å². The molecule has 0 bridgehead atoms. The van der Waals surface area contributed by atoms with Gasteiger partial charge in [-0.2, -0.15) is 0 Å². The number of aromatic nitrogens is 2. The summed E-state index contributed by atoms with van der Waals surface area (Å²) in [5.74, 6) is 0.652. The van der Waals surface area contributed by atoms with Crippen LogP contribution < -0.4 is 0 Å². The third kappa shape index (κ3) is 2.23. The van der Waals surface area contributed by atoms with Crippen molar-refractivity contribution in [1.29, 1.82) is 0 Å². The third-order valence-electron chi connectivity index (χ3n) is 3.15. The zero-order chi connectivity index (χ0) is 14.3. The Morgan fingerprint density at radius 1 is 1.30 bits per heavy atom. The number of imidazole rings is 1. The number of halogens is 3. The van der Waals surface area contributed by atoms with Crippen molar-refractivity contribution in [2.75, 3.05) is 0 Å². The Morgan fingerprint density at radius 3 is 2.80 bits per heavy atom. The molecule has 0 fully saturated rings. The molecule has 0 amide bonds. The number of alkyl halides is 1. The maximum Gasteiger partial charge on any atom is 0.139 e. The van der Waals surface area contributed by atoms with E-state index in [1.165, 1.54) is 6.07 Å². The van der Waals surface area contributed by atoms with E-state index in [9.17, 15) is 4.39 Å². The van der Waals surface area contributed by atoms with Crippen molar-refractivity contribution in [3.63, 3.8) is 0 Å². The van der Waals surface area contributed by atoms with Crippen LogP contribution in [0.25, 0.3) is 16.7 Å². The summed E-state index contributed by atoms with van der Waals surface area (Å²) in [7, 11) is 0. The molecule has 2 aromatic carbocycles. The predicted molar refractivity (Wildman–Crippen MR) is 83.0 cm³/mol. The second kappa shape index (κ2) is 5.19. The molecule has 1 heterocycles. The van der Waals surface area contributed by atoms with E-state index in [1.54, 1.807) is 6.07 Å². The molecule has 0 aliphatic rings. The number of fused-ring (bicyclic) bond motifs is 1. The van der Waals surface area contributed by atoms with E-state index in [0.29, 0.717) is 15.8 Å². The summed E-state index contributed by atoms with van der Waals surface area (Å²) in [5.41, 5.74) is 3.50. The van der Waals surface area contributed by atoms with Gasteiger partial charge in [0, 0.05) is 11.8 Å². The van der Waals surface area contributed by atoms with E-state index >= 15 is 0 Å². The van der Waals surface area contributed by atoms with E-state index in [-0.39, 0.29) is 11.7 Å². The second-order valence-corrected chi connectivity index (χ2v) is 5.71. The lowest BCUT2D eigenvalue weighted by atomic mass is 10.2. The highest BCUT2D eigenvalue weighted by Crippen LogP contribution is 2.27. The van der Waals surface area contributed by atoms with Gasteiger partial charge in [0.15, 0.2) is 0 Å². The average molecular weight is 354 g/mol. The maximum atomic E-state index is 13.8. The summed E-state index contributed by atoms with van der Waals surface area (Å²) in [6, 6.07) is 11.1. The van der Waals surface area contributed by atoms with E-state index in [1.807, 2.05) is 35.8 Å². The molecule has 5 heteroatoms. The Balaban J connectivity index is 2.35. The van der Waals surface area contributed by atoms with Gasteiger partial charge in [-0.15, -0.1) is 11.6 Å². The van der Waals surface area contributed by atoms with Gasteiger partial charge in [-0.1, -0.05) is 12.1 Å². The molecule has 2 nitrogen and oxygen atoms in total. The Hall–Kier alpha value is -1.39. The van der Waals surface area contributed by atoms with Crippen molar-refractivity contribution in [1.82, 2.24) is 9.55 Å². The second-order valence-electron chi connectivity index (χ2n) is 4.59. The molecular formula is C15H11BrClFN2. The van der Waals surface area contributed by atoms with Crippen molar-refractivity contribution in [3.8, 4) is 5.69 Å². The van der Waals surface area contributed by atoms with Crippen LogP contribution in [0.2, 0.25) is 0 Å². The van der Waals surface area contributed by atoms with Crippen LogP contribution in [0, 0.1) is 12.7 Å². The molecule has 3 aromatic rings. The molecule has 20 heavy (non-hydrogen) atoms. The largest absolute Gasteiger partial charge is 0.295 e. The monoisotopic (exact) mass is 352 g/mol. The summed E-state index contributed by atoms with van der Waals surface area (Å²) in [6.45, 7) is 2.01. The van der Waals surface area contributed by atoms with Crippen LogP contribution in [-0.2, 0) is 5.88 Å². The van der Waals surface area contributed by atoms with Gasteiger partial charge in [0.25, 0.3) is 0 Å². The van der Waals surface area contributed by atoms with Crippen LogP contribution in [0.4, 0.5) is 4.39 Å². The van der Waals surface area contributed by atoms with Gasteiger partial charge in [0.2, 0.25) is 0 Å². The molecule has 1 aromatic heterocycles. The van der Waals surface area contributed by atoms with E-state index < -0.39 is 0 Å². The van der Waals surface area contributed by atoms with E-state index in [0.717, 1.165) is 16.8 Å². The van der Waals surface area contributed by atoms with Gasteiger partial charge in [0.1, 0.15) is 11.6 Å². The molecule has 0 atom stereocenters. The highest BCUT2D eigenvalue weighted by Gasteiger charge is 2.14. The summed E-state index contributed by atoms with van der Waals surface area (Å²) >= 11 is 9.17. The minimum Gasteiger partial charge on any atom is -0.295 e. The standard InChI is InChI=1S/C15H11BrClFN2/c1-9-3-2-4-10(5-9)20-14-7-12(18)11(16)6-13(14)19-15(20)8-17/h2-7H,8H2,1H3. The highest BCUT2D eigenvalue weighted by atomic mass is 79.9. The molecule has 0 saturated carbocycles. The molecular weight excluding hydrogens is 343 g/mol. The van der Waals surface area contributed by atoms with Gasteiger partial charge < -0.3 is 0 Å². The molecule has 3 rings (SSSR count). The minimum absolute atomic E-state index is 0.266. The molecule has 0 saturated heterocycles. The number of hydrogen-bond acceptors (Lipinski definition) is 1. The summed E-state index contributed by atoms with van der Waals surface area (Å²) in [5, 5.41) is 0. The Morgan fingerprint density at radius 2 is 2.10 bits per heavy atom. The quantitative estimate of drug-likeness (QED) is 0.594. The van der Waals surface area contributed by atoms with Crippen LogP contribution in [0.1, 0.15) is 11.4 Å². The Kier molecular flexibility index (Phi) is 3.52. The fourth-order valence-electron chi connectivity index (χ4n) is 2.27. The van der Waals surface area contributed by atoms with Crippen molar-refractivity contribution in [3.05, 3.63) is 58.1 Å². The number of nitrogens with zero attached hydrogens (tertiary/aromatic N) is 2. The number of benzene rings is 2. The smallest absolute Gasteiger partial charge is 0.139 e. The molecule has 0 aliphatic carbocycles. The molecule has 0 aliphatic heterocycles. The molecule has 0 N–H and O–H groups in total. The molecule has 0 radical (unpaired) electrons. The van der Waals surface area contributed by atoms with Gasteiger partial charge in [0.05, 0.1) is 21.4 Å². The fourth-order valence-corrected chi connectivity index (χ4v) is 2.78. The third-order valence-corrected chi connectivity index (χ3v) is 3.99.